The number of hydrogen-bond donors (Lipinski definition) is 1. The summed E-state index contributed by atoms with van der Waals surface area (Å²) in [5, 5.41) is 6.28. The van der Waals surface area contributed by atoms with Gasteiger partial charge in [-0.1, -0.05) is 72.8 Å². The Labute approximate surface area is 215 Å². The second-order valence-corrected chi connectivity index (χ2v) is 9.62. The maximum absolute atomic E-state index is 13.4. The van der Waals surface area contributed by atoms with E-state index in [1.54, 1.807) is 19.1 Å². The van der Waals surface area contributed by atoms with E-state index >= 15 is 0 Å². The lowest BCUT2D eigenvalue weighted by Crippen LogP contribution is -2.39. The molecule has 2 aromatic rings. The molecule has 8 heteroatoms. The van der Waals surface area contributed by atoms with Gasteiger partial charge < -0.3 is 15.0 Å². The molecule has 0 saturated carbocycles. The first-order valence-electron chi connectivity index (χ1n) is 11.7. The van der Waals surface area contributed by atoms with Crippen LogP contribution in [0, 0.1) is 0 Å². The van der Waals surface area contributed by atoms with Crippen molar-refractivity contribution in [2.24, 2.45) is 4.99 Å². The SMILES string of the molecule is CCOC(=O)C1=C(c2ccccc2)N=C2SC=C(CC(=O)N[C@@H](C)CC)N2[C@H]1c1ccc(Cl)cc1. The van der Waals surface area contributed by atoms with E-state index in [2.05, 4.69) is 5.32 Å². The van der Waals surface area contributed by atoms with E-state index in [1.807, 2.05) is 66.6 Å². The van der Waals surface area contributed by atoms with Crippen LogP contribution in [0.25, 0.3) is 5.70 Å². The summed E-state index contributed by atoms with van der Waals surface area (Å²) in [5.74, 6) is -0.507. The highest BCUT2D eigenvalue weighted by molar-refractivity contribution is 8.16. The molecule has 2 atom stereocenters. The lowest BCUT2D eigenvalue weighted by molar-refractivity contribution is -0.139. The van der Waals surface area contributed by atoms with Gasteiger partial charge >= 0.3 is 5.97 Å². The molecule has 182 valence electrons. The Morgan fingerprint density at radius 2 is 1.86 bits per heavy atom. The fraction of sp³-hybridized carbons (Fsp3) is 0.296. The summed E-state index contributed by atoms with van der Waals surface area (Å²) >= 11 is 7.64. The minimum Gasteiger partial charge on any atom is -0.463 e. The van der Waals surface area contributed by atoms with Crippen LogP contribution in [0.2, 0.25) is 5.02 Å². The highest BCUT2D eigenvalue weighted by Crippen LogP contribution is 2.47. The number of hydrogen-bond acceptors (Lipinski definition) is 6. The molecule has 0 aliphatic carbocycles. The maximum atomic E-state index is 13.4. The Balaban J connectivity index is 1.83. The van der Waals surface area contributed by atoms with Crippen LogP contribution < -0.4 is 5.32 Å². The summed E-state index contributed by atoms with van der Waals surface area (Å²) in [6, 6.07) is 16.6. The number of carbonyl (C=O) groups is 2. The number of carbonyl (C=O) groups excluding carboxylic acids is 2. The number of benzene rings is 2. The minimum atomic E-state index is -0.522. The van der Waals surface area contributed by atoms with Crippen molar-refractivity contribution < 1.29 is 14.3 Å². The van der Waals surface area contributed by atoms with Crippen LogP contribution in [-0.2, 0) is 14.3 Å². The van der Waals surface area contributed by atoms with Crippen LogP contribution in [0.15, 0.2) is 76.3 Å². The number of amides is 1. The van der Waals surface area contributed by atoms with Crippen LogP contribution in [0.1, 0.15) is 50.8 Å². The quantitative estimate of drug-likeness (QED) is 0.447. The van der Waals surface area contributed by atoms with Crippen molar-refractivity contribution in [1.29, 1.82) is 0 Å². The van der Waals surface area contributed by atoms with Gasteiger partial charge in [0, 0.05) is 22.3 Å². The summed E-state index contributed by atoms with van der Waals surface area (Å²) in [7, 11) is 0. The molecule has 35 heavy (non-hydrogen) atoms. The van der Waals surface area contributed by atoms with E-state index < -0.39 is 12.0 Å². The third-order valence-electron chi connectivity index (χ3n) is 5.90. The lowest BCUT2D eigenvalue weighted by Gasteiger charge is -2.37. The first-order chi connectivity index (χ1) is 16.9. The van der Waals surface area contributed by atoms with E-state index in [0.717, 1.165) is 23.2 Å². The third-order valence-corrected chi connectivity index (χ3v) is 7.04. The predicted octanol–water partition coefficient (Wildman–Crippen LogP) is 5.92. The normalized spacial score (nSPS) is 17.9. The summed E-state index contributed by atoms with van der Waals surface area (Å²) in [5.41, 5.74) is 3.46. The van der Waals surface area contributed by atoms with Crippen molar-refractivity contribution in [2.75, 3.05) is 6.61 Å². The van der Waals surface area contributed by atoms with Gasteiger partial charge in [0.25, 0.3) is 0 Å². The zero-order chi connectivity index (χ0) is 24.9. The van der Waals surface area contributed by atoms with Gasteiger partial charge in [0.05, 0.1) is 30.3 Å². The molecule has 4 rings (SSSR count). The molecule has 2 aliphatic heterocycles. The largest absolute Gasteiger partial charge is 0.463 e. The van der Waals surface area contributed by atoms with Gasteiger partial charge in [-0.15, -0.1) is 0 Å². The van der Waals surface area contributed by atoms with Crippen molar-refractivity contribution in [3.05, 3.63) is 87.4 Å². The van der Waals surface area contributed by atoms with Gasteiger partial charge in [-0.25, -0.2) is 9.79 Å². The Kier molecular flexibility index (Phi) is 7.98. The van der Waals surface area contributed by atoms with Crippen molar-refractivity contribution in [2.45, 2.75) is 45.7 Å². The minimum absolute atomic E-state index is 0.0715. The number of thioether (sulfide) groups is 1. The molecule has 2 heterocycles. The van der Waals surface area contributed by atoms with E-state index in [4.69, 9.17) is 21.3 Å². The zero-order valence-corrected chi connectivity index (χ0v) is 21.5. The Hall–Kier alpha value is -3.03. The number of amidine groups is 1. The van der Waals surface area contributed by atoms with E-state index in [0.29, 0.717) is 21.5 Å². The standard InChI is InChI=1S/C27H28ClN3O3S/c1-4-17(3)29-22(32)15-21-16-35-27-30-24(18-9-7-6-8-10-18)23(26(33)34-5-2)25(31(21)27)19-11-13-20(28)14-12-19/h6-14,16-17,25H,4-5,15H2,1-3H3,(H,29,32)/t17-,25-/m0/s1. The first-order valence-corrected chi connectivity index (χ1v) is 12.9. The smallest absolute Gasteiger partial charge is 0.338 e. The molecular formula is C27H28ClN3O3S. The second kappa shape index (κ2) is 11.1. The summed E-state index contributed by atoms with van der Waals surface area (Å²) in [6.07, 6.45) is 1.02. The van der Waals surface area contributed by atoms with Gasteiger partial charge in [-0.2, -0.15) is 0 Å². The summed E-state index contributed by atoms with van der Waals surface area (Å²) in [4.78, 5) is 33.1. The van der Waals surface area contributed by atoms with Gasteiger partial charge in [0.1, 0.15) is 0 Å². The van der Waals surface area contributed by atoms with Crippen LogP contribution >= 0.6 is 23.4 Å². The van der Waals surface area contributed by atoms with Crippen molar-refractivity contribution in [3.8, 4) is 0 Å². The number of halogens is 1. The zero-order valence-electron chi connectivity index (χ0n) is 20.0. The first kappa shape index (κ1) is 25.1. The van der Waals surface area contributed by atoms with Crippen LogP contribution in [-0.4, -0.2) is 34.6 Å². The molecule has 0 aromatic heterocycles. The van der Waals surface area contributed by atoms with Crippen molar-refractivity contribution in [3.63, 3.8) is 0 Å². The second-order valence-electron chi connectivity index (χ2n) is 8.35. The molecule has 1 amide bonds. The number of ether oxygens (including phenoxy) is 1. The highest BCUT2D eigenvalue weighted by Gasteiger charge is 2.42. The Morgan fingerprint density at radius 1 is 1.14 bits per heavy atom. The van der Waals surface area contributed by atoms with Crippen LogP contribution in [0.4, 0.5) is 0 Å². The molecule has 6 nitrogen and oxygen atoms in total. The summed E-state index contributed by atoms with van der Waals surface area (Å²) < 4.78 is 5.52. The average Bonchev–Trinajstić information content (AvgIpc) is 3.26. The molecule has 0 unspecified atom stereocenters. The number of aliphatic imine (C=N–C) groups is 1. The number of nitrogens with zero attached hydrogens (tertiary/aromatic N) is 2. The monoisotopic (exact) mass is 509 g/mol. The molecule has 2 aliphatic rings. The molecule has 1 N–H and O–H groups in total. The van der Waals surface area contributed by atoms with E-state index in [-0.39, 0.29) is 25.0 Å². The molecule has 0 spiro atoms. The van der Waals surface area contributed by atoms with E-state index in [1.165, 1.54) is 11.8 Å². The topological polar surface area (TPSA) is 71.0 Å². The van der Waals surface area contributed by atoms with Crippen LogP contribution in [0.3, 0.4) is 0 Å². The molecule has 0 fully saturated rings. The molecule has 0 saturated heterocycles. The van der Waals surface area contributed by atoms with Gasteiger partial charge in [-0.3, -0.25) is 4.79 Å². The fourth-order valence-electron chi connectivity index (χ4n) is 4.04. The van der Waals surface area contributed by atoms with Crippen molar-refractivity contribution in [1.82, 2.24) is 10.2 Å². The van der Waals surface area contributed by atoms with Gasteiger partial charge in [0.15, 0.2) is 5.17 Å². The number of esters is 1. The van der Waals surface area contributed by atoms with E-state index in [9.17, 15) is 9.59 Å². The van der Waals surface area contributed by atoms with Gasteiger partial charge in [-0.05, 0) is 43.4 Å². The maximum Gasteiger partial charge on any atom is 0.338 e. The van der Waals surface area contributed by atoms with Crippen molar-refractivity contribution >= 4 is 46.1 Å². The average molecular weight is 510 g/mol. The lowest BCUT2D eigenvalue weighted by atomic mass is 9.91. The molecule has 0 bridgehead atoms. The molecule has 0 radical (unpaired) electrons. The highest BCUT2D eigenvalue weighted by atomic mass is 35.5. The Morgan fingerprint density at radius 3 is 2.51 bits per heavy atom. The third kappa shape index (κ3) is 5.46. The summed E-state index contributed by atoms with van der Waals surface area (Å²) in [6.45, 7) is 6.03. The predicted molar refractivity (Wildman–Crippen MR) is 142 cm³/mol. The number of rotatable bonds is 8. The number of nitrogens with one attached hydrogen (secondary N) is 1. The number of fused-ring (bicyclic) bond motifs is 1. The fourth-order valence-corrected chi connectivity index (χ4v) is 5.09. The molecular weight excluding hydrogens is 482 g/mol. The van der Waals surface area contributed by atoms with Gasteiger partial charge in [0.2, 0.25) is 5.91 Å². The van der Waals surface area contributed by atoms with Crippen LogP contribution in [0.5, 0.6) is 0 Å². The Bertz CT molecular complexity index is 1190. The molecule has 2 aromatic carbocycles.